The summed E-state index contributed by atoms with van der Waals surface area (Å²) in [5.41, 5.74) is 3.84. The van der Waals surface area contributed by atoms with Crippen LogP contribution in [-0.2, 0) is 7.05 Å². The first kappa shape index (κ1) is 23.4. The lowest BCUT2D eigenvalue weighted by Gasteiger charge is -2.30. The highest BCUT2D eigenvalue weighted by Crippen LogP contribution is 2.41. The average Bonchev–Trinajstić information content (AvgIpc) is 3.67. The molecule has 37 heavy (non-hydrogen) atoms. The van der Waals surface area contributed by atoms with Crippen molar-refractivity contribution in [3.05, 3.63) is 83.7 Å². The van der Waals surface area contributed by atoms with E-state index in [1.165, 1.54) is 6.07 Å². The van der Waals surface area contributed by atoms with Crippen LogP contribution in [0.25, 0.3) is 16.9 Å². The van der Waals surface area contributed by atoms with Gasteiger partial charge in [0.1, 0.15) is 11.5 Å². The molecule has 2 aliphatic heterocycles. The van der Waals surface area contributed by atoms with Gasteiger partial charge in [0.2, 0.25) is 0 Å². The first-order valence-electron chi connectivity index (χ1n) is 12.3. The molecule has 0 aliphatic carbocycles. The van der Waals surface area contributed by atoms with Crippen molar-refractivity contribution in [1.29, 1.82) is 0 Å². The summed E-state index contributed by atoms with van der Waals surface area (Å²) in [6.07, 6.45) is 5.44. The molecule has 4 aromatic rings. The van der Waals surface area contributed by atoms with Gasteiger partial charge in [0.25, 0.3) is 0 Å². The third kappa shape index (κ3) is 4.17. The number of urea groups is 1. The summed E-state index contributed by atoms with van der Waals surface area (Å²) in [6.45, 7) is 1.91. The second-order valence-electron chi connectivity index (χ2n) is 9.75. The van der Waals surface area contributed by atoms with Gasteiger partial charge < -0.3 is 10.6 Å². The Hall–Kier alpha value is -4.05. The van der Waals surface area contributed by atoms with Crippen LogP contribution >= 0.6 is 0 Å². The van der Waals surface area contributed by atoms with E-state index in [-0.39, 0.29) is 30.1 Å². The highest BCUT2D eigenvalue weighted by molar-refractivity contribution is 5.91. The van der Waals surface area contributed by atoms with E-state index >= 15 is 0 Å². The number of aromatic nitrogens is 4. The zero-order valence-corrected chi connectivity index (χ0v) is 20.5. The molecule has 0 unspecified atom stereocenters. The minimum Gasteiger partial charge on any atom is -0.333 e. The normalized spacial score (nSPS) is 22.4. The van der Waals surface area contributed by atoms with Crippen LogP contribution in [0.2, 0.25) is 0 Å². The summed E-state index contributed by atoms with van der Waals surface area (Å²) in [4.78, 5) is 13.4. The molecule has 2 fully saturated rings. The van der Waals surface area contributed by atoms with Crippen molar-refractivity contribution < 1.29 is 13.6 Å². The molecule has 3 N–H and O–H groups in total. The highest BCUT2D eigenvalue weighted by Gasteiger charge is 2.48. The van der Waals surface area contributed by atoms with Crippen molar-refractivity contribution in [1.82, 2.24) is 30.2 Å². The molecule has 4 atom stereocenters. The molecule has 0 saturated carbocycles. The van der Waals surface area contributed by atoms with Crippen LogP contribution in [0.4, 0.5) is 19.4 Å². The topological polar surface area (TPSA) is 88.8 Å². The van der Waals surface area contributed by atoms with Gasteiger partial charge >= 0.3 is 6.03 Å². The van der Waals surface area contributed by atoms with Crippen LogP contribution in [0.15, 0.2) is 60.9 Å². The maximum atomic E-state index is 14.0. The van der Waals surface area contributed by atoms with Crippen molar-refractivity contribution in [3.63, 3.8) is 0 Å². The molecule has 2 aromatic carbocycles. The van der Waals surface area contributed by atoms with Gasteiger partial charge in [-0.05, 0) is 49.6 Å². The van der Waals surface area contributed by atoms with Crippen LogP contribution < -0.4 is 16.0 Å². The van der Waals surface area contributed by atoms with Gasteiger partial charge in [0, 0.05) is 42.4 Å². The van der Waals surface area contributed by atoms with Gasteiger partial charge in [-0.1, -0.05) is 24.3 Å². The summed E-state index contributed by atoms with van der Waals surface area (Å²) in [5, 5.41) is 18.7. The second-order valence-corrected chi connectivity index (χ2v) is 9.75. The van der Waals surface area contributed by atoms with Crippen LogP contribution in [0.5, 0.6) is 0 Å². The zero-order chi connectivity index (χ0) is 25.7. The predicted molar refractivity (Wildman–Crippen MR) is 135 cm³/mol. The Balaban J connectivity index is 1.30. The number of nitrogens with one attached hydrogen (secondary N) is 3. The number of amides is 2. The first-order chi connectivity index (χ1) is 17.9. The van der Waals surface area contributed by atoms with Crippen LogP contribution in [0, 0.1) is 18.6 Å². The molecule has 2 amide bonds. The lowest BCUT2D eigenvalue weighted by atomic mass is 9.80. The Morgan fingerprint density at radius 1 is 1.08 bits per heavy atom. The Morgan fingerprint density at radius 2 is 1.86 bits per heavy atom. The minimum atomic E-state index is -0.881. The van der Waals surface area contributed by atoms with E-state index in [0.29, 0.717) is 17.1 Å². The summed E-state index contributed by atoms with van der Waals surface area (Å²) >= 11 is 0. The lowest BCUT2D eigenvalue weighted by Crippen LogP contribution is -2.48. The standard InChI is InChI=1S/C27H27F2N7O/c1-15-24(17-13-30-35(2)14-17)34-36(18-6-4-3-5-7-18)26(15)33-27(37)32-25-22-11-10-21(31-22)23(25)16-8-9-19(28)20(29)12-16/h3-9,12-14,21-23,25,31H,10-11H2,1-2H3,(H2,32,33,37)/t21-,22+,23+,25+/m0/s1. The fraction of sp³-hybridized carbons (Fsp3) is 0.296. The van der Waals surface area contributed by atoms with Crippen LogP contribution in [-0.4, -0.2) is 43.7 Å². The maximum absolute atomic E-state index is 14.0. The van der Waals surface area contributed by atoms with Crippen molar-refractivity contribution >= 4 is 11.8 Å². The number of hydrogen-bond donors (Lipinski definition) is 3. The monoisotopic (exact) mass is 503 g/mol. The number of fused-ring (bicyclic) bond motifs is 2. The van der Waals surface area contributed by atoms with Gasteiger partial charge in [-0.15, -0.1) is 0 Å². The molecule has 190 valence electrons. The maximum Gasteiger partial charge on any atom is 0.320 e. The van der Waals surface area contributed by atoms with Crippen LogP contribution in [0.3, 0.4) is 0 Å². The minimum absolute atomic E-state index is 0.0555. The fourth-order valence-electron chi connectivity index (χ4n) is 5.73. The number of hydrogen-bond acceptors (Lipinski definition) is 4. The average molecular weight is 504 g/mol. The number of rotatable bonds is 5. The zero-order valence-electron chi connectivity index (χ0n) is 20.5. The van der Waals surface area contributed by atoms with E-state index in [9.17, 15) is 13.6 Å². The molecule has 2 aromatic heterocycles. The Morgan fingerprint density at radius 3 is 2.59 bits per heavy atom. The third-order valence-corrected chi connectivity index (χ3v) is 7.43. The number of benzene rings is 2. The van der Waals surface area contributed by atoms with Gasteiger partial charge in [-0.25, -0.2) is 18.3 Å². The quantitative estimate of drug-likeness (QED) is 0.380. The van der Waals surface area contributed by atoms with Crippen LogP contribution in [0.1, 0.15) is 29.9 Å². The van der Waals surface area contributed by atoms with E-state index < -0.39 is 11.6 Å². The number of nitrogens with zero attached hydrogens (tertiary/aromatic N) is 4. The summed E-state index contributed by atoms with van der Waals surface area (Å²) in [5.74, 6) is -1.38. The van der Waals surface area contributed by atoms with Gasteiger partial charge in [0.05, 0.1) is 17.9 Å². The molecule has 10 heteroatoms. The molecule has 2 saturated heterocycles. The van der Waals surface area contributed by atoms with Crippen molar-refractivity contribution in [2.75, 3.05) is 5.32 Å². The number of halogens is 2. The molecular weight excluding hydrogens is 476 g/mol. The number of para-hydroxylation sites is 1. The predicted octanol–water partition coefficient (Wildman–Crippen LogP) is 4.27. The number of carbonyl (C=O) groups excluding carboxylic acids is 1. The molecule has 2 bridgehead atoms. The highest BCUT2D eigenvalue weighted by atomic mass is 19.2. The van der Waals surface area contributed by atoms with Crippen molar-refractivity contribution in [2.24, 2.45) is 7.05 Å². The SMILES string of the molecule is Cc1c(-c2cnn(C)c2)nn(-c2ccccc2)c1NC(=O)N[C@H]1[C@H](c2ccc(F)c(F)c2)[C@@H]2CC[C@H]1N2. The second kappa shape index (κ2) is 9.11. The number of carbonyl (C=O) groups is 1. The van der Waals surface area contributed by atoms with E-state index in [4.69, 9.17) is 5.10 Å². The molecule has 4 heterocycles. The van der Waals surface area contributed by atoms with Gasteiger partial charge in [-0.3, -0.25) is 10.00 Å². The Bertz CT molecular complexity index is 1460. The van der Waals surface area contributed by atoms with E-state index in [1.54, 1.807) is 21.6 Å². The van der Waals surface area contributed by atoms with E-state index in [2.05, 4.69) is 21.0 Å². The van der Waals surface area contributed by atoms with E-state index in [1.807, 2.05) is 50.5 Å². The molecular formula is C27H27F2N7O. The lowest BCUT2D eigenvalue weighted by molar-refractivity contribution is 0.243. The Labute approximate surface area is 212 Å². The number of anilines is 1. The molecule has 0 radical (unpaired) electrons. The fourth-order valence-corrected chi connectivity index (χ4v) is 5.73. The number of aryl methyl sites for hydroxylation is 1. The molecule has 8 nitrogen and oxygen atoms in total. The van der Waals surface area contributed by atoms with Gasteiger partial charge in [0.15, 0.2) is 11.6 Å². The van der Waals surface area contributed by atoms with Crippen molar-refractivity contribution in [2.45, 2.75) is 43.8 Å². The smallest absolute Gasteiger partial charge is 0.320 e. The van der Waals surface area contributed by atoms with Gasteiger partial charge in [-0.2, -0.15) is 10.2 Å². The first-order valence-corrected chi connectivity index (χ1v) is 12.3. The molecule has 6 rings (SSSR count). The van der Waals surface area contributed by atoms with E-state index in [0.717, 1.165) is 35.7 Å². The Kier molecular flexibility index (Phi) is 5.75. The van der Waals surface area contributed by atoms with Crippen molar-refractivity contribution in [3.8, 4) is 16.9 Å². The molecule has 2 aliphatic rings. The largest absolute Gasteiger partial charge is 0.333 e. The third-order valence-electron chi connectivity index (χ3n) is 7.43. The summed E-state index contributed by atoms with van der Waals surface area (Å²) in [6, 6.07) is 13.1. The summed E-state index contributed by atoms with van der Waals surface area (Å²) in [7, 11) is 1.84. The summed E-state index contributed by atoms with van der Waals surface area (Å²) < 4.78 is 31.0. The molecule has 0 spiro atoms.